The number of carbonyl (C=O) groups is 1. The molecule has 3 atom stereocenters. The van der Waals surface area contributed by atoms with Gasteiger partial charge in [0.2, 0.25) is 0 Å². The summed E-state index contributed by atoms with van der Waals surface area (Å²) in [5.41, 5.74) is 2.93. The van der Waals surface area contributed by atoms with E-state index in [9.17, 15) is 9.90 Å². The van der Waals surface area contributed by atoms with Gasteiger partial charge in [-0.2, -0.15) is 0 Å². The number of aliphatic hydroxyl groups excluding tert-OH is 1. The van der Waals surface area contributed by atoms with Gasteiger partial charge in [0.05, 0.1) is 39.8 Å². The zero-order valence-electron chi connectivity index (χ0n) is 27.0. The summed E-state index contributed by atoms with van der Waals surface area (Å²) >= 11 is 0. The van der Waals surface area contributed by atoms with Gasteiger partial charge in [0.1, 0.15) is 35.6 Å². The normalized spacial score (nSPS) is 17.6. The standard InChI is InChI=1S/C38H35N5O6/c1-46-29-17-13-27(14-18-29)38(26-11-7-4-8-12-26,28-15-19-30(47-2)20-16-28)49-22-32-34(44)31(21-48-32)43-24-41-33-35(39-23-40-36(33)43)42-37(45)25-9-5-3-6-10-25/h3-20,23-24,31-32,34,44H,21-22H2,1-2H3,(H,39,40,42,45). The molecule has 0 aliphatic carbocycles. The Bertz CT molecular complexity index is 1970. The van der Waals surface area contributed by atoms with Gasteiger partial charge < -0.3 is 33.9 Å². The van der Waals surface area contributed by atoms with E-state index in [1.807, 2.05) is 84.9 Å². The summed E-state index contributed by atoms with van der Waals surface area (Å²) < 4.78 is 25.9. The van der Waals surface area contributed by atoms with E-state index in [4.69, 9.17) is 18.9 Å². The quantitative estimate of drug-likeness (QED) is 0.176. The van der Waals surface area contributed by atoms with Crippen LogP contribution in [0.2, 0.25) is 0 Å². The maximum atomic E-state index is 12.8. The van der Waals surface area contributed by atoms with Gasteiger partial charge in [-0.05, 0) is 53.1 Å². The van der Waals surface area contributed by atoms with Gasteiger partial charge in [-0.1, -0.05) is 72.8 Å². The Morgan fingerprint density at radius 2 is 1.43 bits per heavy atom. The number of amides is 1. The fourth-order valence-electron chi connectivity index (χ4n) is 6.30. The van der Waals surface area contributed by atoms with Crippen molar-refractivity contribution in [3.8, 4) is 11.5 Å². The van der Waals surface area contributed by atoms with Crippen LogP contribution < -0.4 is 14.8 Å². The number of rotatable bonds is 11. The molecule has 1 aliphatic heterocycles. The molecule has 0 spiro atoms. The van der Waals surface area contributed by atoms with Crippen molar-refractivity contribution in [3.63, 3.8) is 0 Å². The molecule has 1 fully saturated rings. The molecule has 3 unspecified atom stereocenters. The van der Waals surface area contributed by atoms with E-state index in [0.717, 1.165) is 28.2 Å². The van der Waals surface area contributed by atoms with E-state index in [1.165, 1.54) is 6.33 Å². The minimum absolute atomic E-state index is 0.0601. The minimum Gasteiger partial charge on any atom is -0.497 e. The van der Waals surface area contributed by atoms with Crippen molar-refractivity contribution in [2.24, 2.45) is 0 Å². The third kappa shape index (κ3) is 6.11. The van der Waals surface area contributed by atoms with Crippen LogP contribution in [0.25, 0.3) is 11.2 Å². The zero-order chi connectivity index (χ0) is 33.8. The number of methoxy groups -OCH3 is 2. The van der Waals surface area contributed by atoms with Gasteiger partial charge >= 0.3 is 0 Å². The summed E-state index contributed by atoms with van der Waals surface area (Å²) in [7, 11) is 3.26. The highest BCUT2D eigenvalue weighted by Crippen LogP contribution is 2.42. The topological polar surface area (TPSA) is 130 Å². The molecule has 2 N–H and O–H groups in total. The number of aliphatic hydroxyl groups is 1. The lowest BCUT2D eigenvalue weighted by Crippen LogP contribution is -2.39. The average molecular weight is 658 g/mol. The summed E-state index contributed by atoms with van der Waals surface area (Å²) in [5.74, 6) is 1.40. The van der Waals surface area contributed by atoms with Crippen molar-refractivity contribution in [2.75, 3.05) is 32.8 Å². The van der Waals surface area contributed by atoms with Crippen LogP contribution in [-0.4, -0.2) is 70.2 Å². The monoisotopic (exact) mass is 657 g/mol. The smallest absolute Gasteiger partial charge is 0.256 e. The molecule has 248 valence electrons. The van der Waals surface area contributed by atoms with Crippen LogP contribution in [0.1, 0.15) is 33.1 Å². The van der Waals surface area contributed by atoms with Gasteiger partial charge in [-0.3, -0.25) is 4.79 Å². The number of carbonyl (C=O) groups excluding carboxylic acids is 1. The second kappa shape index (κ2) is 13.9. The second-order valence-corrected chi connectivity index (χ2v) is 11.6. The van der Waals surface area contributed by atoms with Crippen molar-refractivity contribution in [1.82, 2.24) is 19.5 Å². The van der Waals surface area contributed by atoms with Crippen LogP contribution in [-0.2, 0) is 15.1 Å². The van der Waals surface area contributed by atoms with Gasteiger partial charge in [0, 0.05) is 5.56 Å². The van der Waals surface area contributed by atoms with Crippen molar-refractivity contribution in [2.45, 2.75) is 23.9 Å². The molecular weight excluding hydrogens is 622 g/mol. The zero-order valence-corrected chi connectivity index (χ0v) is 27.0. The molecule has 11 nitrogen and oxygen atoms in total. The van der Waals surface area contributed by atoms with Crippen molar-refractivity contribution >= 4 is 22.9 Å². The van der Waals surface area contributed by atoms with Crippen LogP contribution in [0.15, 0.2) is 122 Å². The number of anilines is 1. The van der Waals surface area contributed by atoms with Gasteiger partial charge in [-0.15, -0.1) is 0 Å². The second-order valence-electron chi connectivity index (χ2n) is 11.6. The third-order valence-electron chi connectivity index (χ3n) is 8.88. The predicted octanol–water partition coefficient (Wildman–Crippen LogP) is 5.41. The Hall–Kier alpha value is -5.62. The van der Waals surface area contributed by atoms with E-state index in [0.29, 0.717) is 16.7 Å². The number of imidazole rings is 1. The Kier molecular flexibility index (Phi) is 9.03. The van der Waals surface area contributed by atoms with Crippen LogP contribution in [0.5, 0.6) is 11.5 Å². The molecule has 3 heterocycles. The molecule has 0 saturated carbocycles. The highest BCUT2D eigenvalue weighted by Gasteiger charge is 2.43. The maximum Gasteiger partial charge on any atom is 0.256 e. The lowest BCUT2D eigenvalue weighted by molar-refractivity contribution is -0.0705. The first-order chi connectivity index (χ1) is 24.0. The highest BCUT2D eigenvalue weighted by atomic mass is 16.6. The molecule has 0 bridgehead atoms. The molecule has 7 rings (SSSR count). The van der Waals surface area contributed by atoms with E-state index >= 15 is 0 Å². The number of benzene rings is 4. The summed E-state index contributed by atoms with van der Waals surface area (Å²) in [6.45, 7) is 0.254. The summed E-state index contributed by atoms with van der Waals surface area (Å²) in [4.78, 5) is 26.1. The van der Waals surface area contributed by atoms with Crippen LogP contribution >= 0.6 is 0 Å². The molecule has 4 aromatic carbocycles. The fourth-order valence-corrected chi connectivity index (χ4v) is 6.30. The van der Waals surface area contributed by atoms with Gasteiger partial charge in [-0.25, -0.2) is 15.0 Å². The molecule has 6 aromatic rings. The first-order valence-electron chi connectivity index (χ1n) is 15.8. The lowest BCUT2D eigenvalue weighted by atomic mass is 9.80. The minimum atomic E-state index is -1.07. The number of aromatic nitrogens is 4. The SMILES string of the molecule is COc1ccc(C(OCC2OCC(n3cnc4c(NC(=O)c5ccccc5)ncnc43)C2O)(c2ccccc2)c2ccc(OC)cc2)cc1. The first-order valence-corrected chi connectivity index (χ1v) is 15.8. The van der Waals surface area contributed by atoms with E-state index < -0.39 is 23.9 Å². The Balaban J connectivity index is 1.18. The third-order valence-corrected chi connectivity index (χ3v) is 8.88. The summed E-state index contributed by atoms with van der Waals surface area (Å²) in [6, 6.07) is 33.8. The molecule has 1 amide bonds. The van der Waals surface area contributed by atoms with Crippen LogP contribution in [0.4, 0.5) is 5.82 Å². The number of ether oxygens (including phenoxy) is 4. The molecule has 1 saturated heterocycles. The van der Waals surface area contributed by atoms with E-state index in [2.05, 4.69) is 20.3 Å². The van der Waals surface area contributed by atoms with Crippen molar-refractivity contribution in [3.05, 3.63) is 144 Å². The fraction of sp³-hybridized carbons (Fsp3) is 0.211. The van der Waals surface area contributed by atoms with Crippen molar-refractivity contribution in [1.29, 1.82) is 0 Å². The number of hydrogen-bond acceptors (Lipinski definition) is 9. The number of nitrogens with one attached hydrogen (secondary N) is 1. The van der Waals surface area contributed by atoms with Crippen LogP contribution in [0, 0.1) is 0 Å². The lowest BCUT2D eigenvalue weighted by Gasteiger charge is -2.37. The van der Waals surface area contributed by atoms with Crippen LogP contribution in [0.3, 0.4) is 0 Å². The van der Waals surface area contributed by atoms with E-state index in [1.54, 1.807) is 49.4 Å². The summed E-state index contributed by atoms with van der Waals surface area (Å²) in [5, 5.41) is 14.5. The number of hydrogen-bond donors (Lipinski definition) is 2. The predicted molar refractivity (Wildman–Crippen MR) is 183 cm³/mol. The van der Waals surface area contributed by atoms with Crippen molar-refractivity contribution < 1.29 is 28.8 Å². The molecule has 0 radical (unpaired) electrons. The largest absolute Gasteiger partial charge is 0.497 e. The first kappa shape index (κ1) is 32.0. The average Bonchev–Trinajstić information content (AvgIpc) is 3.76. The van der Waals surface area contributed by atoms with E-state index in [-0.39, 0.29) is 24.9 Å². The molecular formula is C38H35N5O6. The molecule has 1 aliphatic rings. The summed E-state index contributed by atoms with van der Waals surface area (Å²) in [6.07, 6.45) is 1.30. The highest BCUT2D eigenvalue weighted by molar-refractivity contribution is 6.06. The molecule has 2 aromatic heterocycles. The number of nitrogens with zero attached hydrogens (tertiary/aromatic N) is 4. The molecule has 49 heavy (non-hydrogen) atoms. The van der Waals surface area contributed by atoms with Gasteiger partial charge in [0.15, 0.2) is 17.0 Å². The number of fused-ring (bicyclic) bond motifs is 1. The Labute approximate surface area is 283 Å². The molecule has 11 heteroatoms. The Morgan fingerprint density at radius 1 is 0.837 bits per heavy atom. The Morgan fingerprint density at radius 3 is 2.04 bits per heavy atom. The van der Waals surface area contributed by atoms with Gasteiger partial charge in [0.25, 0.3) is 5.91 Å². The maximum absolute atomic E-state index is 12.8.